The van der Waals surface area contributed by atoms with Crippen LogP contribution >= 0.6 is 0 Å². The third-order valence-corrected chi connectivity index (χ3v) is 3.46. The molecule has 4 heteroatoms. The summed E-state index contributed by atoms with van der Waals surface area (Å²) in [7, 11) is 0. The van der Waals surface area contributed by atoms with E-state index >= 15 is 0 Å². The fraction of sp³-hybridized carbons (Fsp3) is 0.389. The van der Waals surface area contributed by atoms with E-state index in [0.717, 1.165) is 48.4 Å². The number of aromatic nitrogens is 1. The van der Waals surface area contributed by atoms with E-state index in [0.29, 0.717) is 5.88 Å². The third-order valence-electron chi connectivity index (χ3n) is 3.46. The van der Waals surface area contributed by atoms with Gasteiger partial charge in [-0.15, -0.1) is 0 Å². The molecule has 0 saturated heterocycles. The van der Waals surface area contributed by atoms with E-state index < -0.39 is 0 Å². The standard InChI is InChI=1S/C18H24N2O2/c1-14-8-10-20-18(12-14)22-17-13-16(7-6-15(17)2)19-9-4-3-5-11-21/h6-8,10,12-13,19,21H,3-5,9,11H2,1-2H3. The summed E-state index contributed by atoms with van der Waals surface area (Å²) in [6, 6.07) is 9.98. The van der Waals surface area contributed by atoms with Gasteiger partial charge in [0, 0.05) is 37.2 Å². The Bertz CT molecular complexity index is 599. The SMILES string of the molecule is Cc1ccnc(Oc2cc(NCCCCCO)ccc2C)c1. The summed E-state index contributed by atoms with van der Waals surface area (Å²) in [6.45, 7) is 5.21. The monoisotopic (exact) mass is 300 g/mol. The molecule has 1 heterocycles. The second-order valence-corrected chi connectivity index (χ2v) is 5.46. The van der Waals surface area contributed by atoms with E-state index in [4.69, 9.17) is 9.84 Å². The average molecular weight is 300 g/mol. The van der Waals surface area contributed by atoms with E-state index in [1.54, 1.807) is 6.20 Å². The van der Waals surface area contributed by atoms with Crippen LogP contribution in [0.5, 0.6) is 11.6 Å². The van der Waals surface area contributed by atoms with Crippen molar-refractivity contribution in [2.24, 2.45) is 0 Å². The molecule has 0 aliphatic carbocycles. The molecule has 2 aromatic rings. The molecule has 1 aromatic carbocycles. The van der Waals surface area contributed by atoms with Crippen LogP contribution in [0, 0.1) is 13.8 Å². The Hall–Kier alpha value is -2.07. The van der Waals surface area contributed by atoms with Crippen molar-refractivity contribution in [3.8, 4) is 11.6 Å². The quantitative estimate of drug-likeness (QED) is 0.722. The highest BCUT2D eigenvalue weighted by Gasteiger charge is 2.04. The Morgan fingerprint density at radius 3 is 2.73 bits per heavy atom. The van der Waals surface area contributed by atoms with Crippen molar-refractivity contribution in [2.75, 3.05) is 18.5 Å². The maximum atomic E-state index is 8.77. The van der Waals surface area contributed by atoms with E-state index in [2.05, 4.69) is 16.4 Å². The number of hydrogen-bond donors (Lipinski definition) is 2. The van der Waals surface area contributed by atoms with Gasteiger partial charge in [0.15, 0.2) is 0 Å². The minimum absolute atomic E-state index is 0.270. The molecule has 0 saturated carbocycles. The first-order valence-corrected chi connectivity index (χ1v) is 7.75. The number of aliphatic hydroxyl groups excluding tert-OH is 1. The van der Waals surface area contributed by atoms with Crippen molar-refractivity contribution in [3.05, 3.63) is 47.7 Å². The zero-order valence-electron chi connectivity index (χ0n) is 13.3. The number of anilines is 1. The molecule has 1 aromatic heterocycles. The van der Waals surface area contributed by atoms with Crippen molar-refractivity contribution in [1.29, 1.82) is 0 Å². The van der Waals surface area contributed by atoms with Gasteiger partial charge in [-0.05, 0) is 56.4 Å². The molecule has 0 atom stereocenters. The Morgan fingerprint density at radius 1 is 1.09 bits per heavy atom. The topological polar surface area (TPSA) is 54.4 Å². The summed E-state index contributed by atoms with van der Waals surface area (Å²) in [4.78, 5) is 4.24. The molecule has 0 spiro atoms. The van der Waals surface area contributed by atoms with E-state index in [1.807, 2.05) is 38.1 Å². The maximum absolute atomic E-state index is 8.77. The number of pyridine rings is 1. The van der Waals surface area contributed by atoms with Crippen LogP contribution in [-0.2, 0) is 0 Å². The summed E-state index contributed by atoms with van der Waals surface area (Å²) in [5.41, 5.74) is 3.24. The molecule has 0 amide bonds. The Labute approximate surface area is 132 Å². The van der Waals surface area contributed by atoms with Crippen LogP contribution in [-0.4, -0.2) is 23.2 Å². The summed E-state index contributed by atoms with van der Waals surface area (Å²) < 4.78 is 5.89. The molecule has 22 heavy (non-hydrogen) atoms. The van der Waals surface area contributed by atoms with Crippen LogP contribution in [0.2, 0.25) is 0 Å². The number of ether oxygens (including phenoxy) is 1. The first-order chi connectivity index (χ1) is 10.7. The van der Waals surface area contributed by atoms with Crippen LogP contribution in [0.3, 0.4) is 0 Å². The number of aryl methyl sites for hydroxylation is 2. The van der Waals surface area contributed by atoms with Gasteiger partial charge in [0.05, 0.1) is 0 Å². The highest BCUT2D eigenvalue weighted by Crippen LogP contribution is 2.27. The lowest BCUT2D eigenvalue weighted by Gasteiger charge is -2.12. The number of hydrogen-bond acceptors (Lipinski definition) is 4. The van der Waals surface area contributed by atoms with Gasteiger partial charge in [0.25, 0.3) is 0 Å². The lowest BCUT2D eigenvalue weighted by atomic mass is 10.2. The second kappa shape index (κ2) is 8.39. The molecule has 118 valence electrons. The molecule has 0 radical (unpaired) electrons. The molecule has 0 unspecified atom stereocenters. The maximum Gasteiger partial charge on any atom is 0.219 e. The highest BCUT2D eigenvalue weighted by molar-refractivity contribution is 5.52. The number of unbranched alkanes of at least 4 members (excludes halogenated alkanes) is 2. The minimum atomic E-state index is 0.270. The summed E-state index contributed by atoms with van der Waals surface area (Å²) in [5.74, 6) is 1.43. The molecule has 0 aliphatic rings. The molecule has 2 N–H and O–H groups in total. The van der Waals surface area contributed by atoms with Gasteiger partial charge in [-0.3, -0.25) is 0 Å². The van der Waals surface area contributed by atoms with Crippen LogP contribution < -0.4 is 10.1 Å². The fourth-order valence-corrected chi connectivity index (χ4v) is 2.14. The Morgan fingerprint density at radius 2 is 1.95 bits per heavy atom. The molecular formula is C18H24N2O2. The van der Waals surface area contributed by atoms with Crippen molar-refractivity contribution in [1.82, 2.24) is 4.98 Å². The van der Waals surface area contributed by atoms with E-state index in [-0.39, 0.29) is 6.61 Å². The van der Waals surface area contributed by atoms with Crippen molar-refractivity contribution < 1.29 is 9.84 Å². The molecule has 0 bridgehead atoms. The lowest BCUT2D eigenvalue weighted by Crippen LogP contribution is -2.02. The minimum Gasteiger partial charge on any atom is -0.439 e. The molecule has 4 nitrogen and oxygen atoms in total. The van der Waals surface area contributed by atoms with Gasteiger partial charge >= 0.3 is 0 Å². The van der Waals surface area contributed by atoms with Crippen LogP contribution in [0.4, 0.5) is 5.69 Å². The molecule has 0 fully saturated rings. The van der Waals surface area contributed by atoms with Gasteiger partial charge < -0.3 is 15.2 Å². The van der Waals surface area contributed by atoms with Crippen molar-refractivity contribution in [2.45, 2.75) is 33.1 Å². The smallest absolute Gasteiger partial charge is 0.219 e. The van der Waals surface area contributed by atoms with Crippen molar-refractivity contribution >= 4 is 5.69 Å². The normalized spacial score (nSPS) is 10.5. The van der Waals surface area contributed by atoms with Gasteiger partial charge in [0.1, 0.15) is 5.75 Å². The summed E-state index contributed by atoms with van der Waals surface area (Å²) in [5, 5.41) is 12.2. The van der Waals surface area contributed by atoms with Gasteiger partial charge in [-0.1, -0.05) is 6.07 Å². The predicted octanol–water partition coefficient (Wildman–Crippen LogP) is 4.07. The molecule has 0 aliphatic heterocycles. The van der Waals surface area contributed by atoms with Gasteiger partial charge in [-0.2, -0.15) is 0 Å². The average Bonchev–Trinajstić information content (AvgIpc) is 2.50. The fourth-order valence-electron chi connectivity index (χ4n) is 2.14. The van der Waals surface area contributed by atoms with Crippen LogP contribution in [0.25, 0.3) is 0 Å². The Kier molecular flexibility index (Phi) is 6.22. The first-order valence-electron chi connectivity index (χ1n) is 7.75. The van der Waals surface area contributed by atoms with Gasteiger partial charge in [-0.25, -0.2) is 4.98 Å². The number of aliphatic hydroxyl groups is 1. The molecular weight excluding hydrogens is 276 g/mol. The Balaban J connectivity index is 1.97. The largest absolute Gasteiger partial charge is 0.439 e. The van der Waals surface area contributed by atoms with Crippen molar-refractivity contribution in [3.63, 3.8) is 0 Å². The van der Waals surface area contributed by atoms with Crippen LogP contribution in [0.15, 0.2) is 36.5 Å². The second-order valence-electron chi connectivity index (χ2n) is 5.46. The zero-order chi connectivity index (χ0) is 15.8. The molecule has 2 rings (SSSR count). The zero-order valence-corrected chi connectivity index (χ0v) is 13.3. The predicted molar refractivity (Wildman–Crippen MR) is 89.7 cm³/mol. The number of benzene rings is 1. The third kappa shape index (κ3) is 5.04. The van der Waals surface area contributed by atoms with E-state index in [1.165, 1.54) is 0 Å². The lowest BCUT2D eigenvalue weighted by molar-refractivity contribution is 0.283. The summed E-state index contributed by atoms with van der Waals surface area (Å²) in [6.07, 6.45) is 4.70. The first kappa shape index (κ1) is 16.3. The van der Waals surface area contributed by atoms with Gasteiger partial charge in [0.2, 0.25) is 5.88 Å². The highest BCUT2D eigenvalue weighted by atomic mass is 16.5. The van der Waals surface area contributed by atoms with Crippen LogP contribution in [0.1, 0.15) is 30.4 Å². The number of nitrogens with one attached hydrogen (secondary N) is 1. The van der Waals surface area contributed by atoms with E-state index in [9.17, 15) is 0 Å². The summed E-state index contributed by atoms with van der Waals surface area (Å²) >= 11 is 0. The number of rotatable bonds is 8. The number of nitrogens with zero attached hydrogens (tertiary/aromatic N) is 1.